The van der Waals surface area contributed by atoms with Crippen LogP contribution in [0.4, 0.5) is 0 Å². The molecule has 0 amide bonds. The van der Waals surface area contributed by atoms with Crippen LogP contribution in [0, 0.1) is 5.41 Å². The Morgan fingerprint density at radius 2 is 2.29 bits per heavy atom. The van der Waals surface area contributed by atoms with Crippen LogP contribution < -0.4 is 5.32 Å². The molecule has 0 spiro atoms. The number of hydrogen-bond acceptors (Lipinski definition) is 2. The molecule has 1 aliphatic rings. The fourth-order valence-corrected chi connectivity index (χ4v) is 2.39. The molecule has 1 aliphatic carbocycles. The summed E-state index contributed by atoms with van der Waals surface area (Å²) >= 11 is 1.80. The third kappa shape index (κ3) is 3.10. The fraction of sp³-hybridized carbons (Fsp3) is 0.667. The van der Waals surface area contributed by atoms with Gasteiger partial charge in [-0.05, 0) is 47.1 Å². The summed E-state index contributed by atoms with van der Waals surface area (Å²) < 4.78 is 0. The van der Waals surface area contributed by atoms with Gasteiger partial charge in [-0.1, -0.05) is 13.8 Å². The van der Waals surface area contributed by atoms with Gasteiger partial charge in [0.05, 0.1) is 0 Å². The van der Waals surface area contributed by atoms with Crippen LogP contribution >= 0.6 is 11.3 Å². The second kappa shape index (κ2) is 4.03. The lowest BCUT2D eigenvalue weighted by Crippen LogP contribution is -2.32. The van der Waals surface area contributed by atoms with E-state index in [4.69, 9.17) is 0 Å². The van der Waals surface area contributed by atoms with E-state index >= 15 is 0 Å². The standard InChI is InChI=1S/C12H19NS/c1-12(2,9-13-11-3-4-11)7-10-5-6-14-8-10/h5-6,8,11,13H,3-4,7,9H2,1-2H3. The van der Waals surface area contributed by atoms with Crippen LogP contribution in [-0.2, 0) is 6.42 Å². The van der Waals surface area contributed by atoms with Crippen molar-refractivity contribution in [2.24, 2.45) is 5.41 Å². The zero-order valence-corrected chi connectivity index (χ0v) is 9.86. The Kier molecular flexibility index (Phi) is 2.93. The van der Waals surface area contributed by atoms with Crippen LogP contribution in [0.3, 0.4) is 0 Å². The summed E-state index contributed by atoms with van der Waals surface area (Å²) in [7, 11) is 0. The number of hydrogen-bond donors (Lipinski definition) is 1. The van der Waals surface area contributed by atoms with Crippen molar-refractivity contribution in [3.8, 4) is 0 Å². The van der Waals surface area contributed by atoms with Crippen molar-refractivity contribution in [2.45, 2.75) is 39.2 Å². The van der Waals surface area contributed by atoms with E-state index in [9.17, 15) is 0 Å². The van der Waals surface area contributed by atoms with Crippen molar-refractivity contribution in [1.82, 2.24) is 5.32 Å². The van der Waals surface area contributed by atoms with Crippen LogP contribution in [0.25, 0.3) is 0 Å². The summed E-state index contributed by atoms with van der Waals surface area (Å²) in [5, 5.41) is 8.04. The maximum absolute atomic E-state index is 3.61. The number of nitrogens with one attached hydrogen (secondary N) is 1. The lowest BCUT2D eigenvalue weighted by Gasteiger charge is -2.24. The van der Waals surface area contributed by atoms with Gasteiger partial charge in [-0.15, -0.1) is 0 Å². The molecule has 0 aromatic carbocycles. The normalized spacial score (nSPS) is 17.3. The van der Waals surface area contributed by atoms with E-state index in [1.54, 1.807) is 11.3 Å². The molecule has 0 atom stereocenters. The van der Waals surface area contributed by atoms with E-state index < -0.39 is 0 Å². The van der Waals surface area contributed by atoms with Crippen molar-refractivity contribution in [3.05, 3.63) is 22.4 Å². The Labute approximate surface area is 90.5 Å². The smallest absolute Gasteiger partial charge is 0.00684 e. The maximum Gasteiger partial charge on any atom is 0.00684 e. The highest BCUT2D eigenvalue weighted by Gasteiger charge is 2.25. The molecule has 0 unspecified atom stereocenters. The van der Waals surface area contributed by atoms with Crippen molar-refractivity contribution < 1.29 is 0 Å². The molecular formula is C12H19NS. The zero-order chi connectivity index (χ0) is 10.0. The predicted molar refractivity (Wildman–Crippen MR) is 62.8 cm³/mol. The zero-order valence-electron chi connectivity index (χ0n) is 9.05. The van der Waals surface area contributed by atoms with E-state index in [1.807, 2.05) is 0 Å². The summed E-state index contributed by atoms with van der Waals surface area (Å²) in [6, 6.07) is 3.07. The molecular weight excluding hydrogens is 190 g/mol. The van der Waals surface area contributed by atoms with Crippen LogP contribution in [0.15, 0.2) is 16.8 Å². The Hall–Kier alpha value is -0.340. The molecule has 1 N–H and O–H groups in total. The monoisotopic (exact) mass is 209 g/mol. The van der Waals surface area contributed by atoms with Gasteiger partial charge in [0.2, 0.25) is 0 Å². The molecule has 1 aromatic rings. The lowest BCUT2D eigenvalue weighted by molar-refractivity contribution is 0.337. The molecule has 2 rings (SSSR count). The molecule has 14 heavy (non-hydrogen) atoms. The van der Waals surface area contributed by atoms with Gasteiger partial charge in [0.15, 0.2) is 0 Å². The highest BCUT2D eigenvalue weighted by molar-refractivity contribution is 7.07. The van der Waals surface area contributed by atoms with Gasteiger partial charge in [0.25, 0.3) is 0 Å². The summed E-state index contributed by atoms with van der Waals surface area (Å²) in [6.45, 7) is 5.84. The molecule has 0 bridgehead atoms. The molecule has 1 saturated carbocycles. The molecule has 0 radical (unpaired) electrons. The molecule has 1 fully saturated rings. The van der Waals surface area contributed by atoms with Gasteiger partial charge >= 0.3 is 0 Å². The van der Waals surface area contributed by atoms with Gasteiger partial charge in [-0.2, -0.15) is 11.3 Å². The second-order valence-corrected chi connectivity index (χ2v) is 5.91. The Bertz CT molecular complexity index is 273. The SMILES string of the molecule is CC(C)(CNC1CC1)Cc1ccsc1. The Morgan fingerprint density at radius 3 is 2.86 bits per heavy atom. The van der Waals surface area contributed by atoms with Gasteiger partial charge in [-0.25, -0.2) is 0 Å². The number of rotatable bonds is 5. The quantitative estimate of drug-likeness (QED) is 0.786. The van der Waals surface area contributed by atoms with Gasteiger partial charge in [-0.3, -0.25) is 0 Å². The first kappa shape index (κ1) is 10.2. The summed E-state index contributed by atoms with van der Waals surface area (Å²) in [4.78, 5) is 0. The highest BCUT2D eigenvalue weighted by Crippen LogP contribution is 2.25. The van der Waals surface area contributed by atoms with Crippen LogP contribution in [0.1, 0.15) is 32.3 Å². The van der Waals surface area contributed by atoms with Crippen molar-refractivity contribution in [3.63, 3.8) is 0 Å². The topological polar surface area (TPSA) is 12.0 Å². The van der Waals surface area contributed by atoms with Gasteiger partial charge in [0, 0.05) is 12.6 Å². The average molecular weight is 209 g/mol. The van der Waals surface area contributed by atoms with Crippen molar-refractivity contribution in [1.29, 1.82) is 0 Å². The minimum Gasteiger partial charge on any atom is -0.313 e. The van der Waals surface area contributed by atoms with Gasteiger partial charge < -0.3 is 5.32 Å². The van der Waals surface area contributed by atoms with Gasteiger partial charge in [0.1, 0.15) is 0 Å². The fourth-order valence-electron chi connectivity index (χ4n) is 1.72. The number of thiophene rings is 1. The third-order valence-corrected chi connectivity index (χ3v) is 3.44. The average Bonchev–Trinajstić information content (AvgIpc) is 2.82. The molecule has 2 heteroatoms. The first-order valence-electron chi connectivity index (χ1n) is 5.40. The molecule has 0 aliphatic heterocycles. The predicted octanol–water partition coefficient (Wildman–Crippen LogP) is 3.07. The van der Waals surface area contributed by atoms with Crippen LogP contribution in [0.5, 0.6) is 0 Å². The summed E-state index contributed by atoms with van der Waals surface area (Å²) in [5.41, 5.74) is 1.88. The molecule has 1 heterocycles. The van der Waals surface area contributed by atoms with Crippen molar-refractivity contribution in [2.75, 3.05) is 6.54 Å². The second-order valence-electron chi connectivity index (χ2n) is 5.13. The van der Waals surface area contributed by atoms with E-state index in [1.165, 1.54) is 24.8 Å². The first-order valence-corrected chi connectivity index (χ1v) is 6.34. The summed E-state index contributed by atoms with van der Waals surface area (Å²) in [5.74, 6) is 0. The third-order valence-electron chi connectivity index (χ3n) is 2.71. The Morgan fingerprint density at radius 1 is 1.50 bits per heavy atom. The largest absolute Gasteiger partial charge is 0.313 e. The lowest BCUT2D eigenvalue weighted by atomic mass is 9.86. The van der Waals surface area contributed by atoms with Crippen molar-refractivity contribution >= 4 is 11.3 Å². The molecule has 1 aromatic heterocycles. The first-order chi connectivity index (χ1) is 6.66. The van der Waals surface area contributed by atoms with Crippen LogP contribution in [0.2, 0.25) is 0 Å². The van der Waals surface area contributed by atoms with Crippen LogP contribution in [-0.4, -0.2) is 12.6 Å². The molecule has 1 nitrogen and oxygen atoms in total. The highest BCUT2D eigenvalue weighted by atomic mass is 32.1. The minimum absolute atomic E-state index is 0.393. The Balaban J connectivity index is 1.81. The van der Waals surface area contributed by atoms with E-state index in [0.717, 1.165) is 12.6 Å². The van der Waals surface area contributed by atoms with E-state index in [2.05, 4.69) is 36.0 Å². The minimum atomic E-state index is 0.393. The van der Waals surface area contributed by atoms with E-state index in [0.29, 0.717) is 5.41 Å². The van der Waals surface area contributed by atoms with E-state index in [-0.39, 0.29) is 0 Å². The summed E-state index contributed by atoms with van der Waals surface area (Å²) in [6.07, 6.45) is 3.96. The maximum atomic E-state index is 3.61. The molecule has 0 saturated heterocycles. The molecule has 78 valence electrons.